The van der Waals surface area contributed by atoms with Crippen molar-refractivity contribution >= 4 is 11.6 Å². The first-order valence-corrected chi connectivity index (χ1v) is 4.16. The lowest BCUT2D eigenvalue weighted by Gasteiger charge is -2.05. The van der Waals surface area contributed by atoms with Crippen molar-refractivity contribution in [2.45, 2.75) is 13.0 Å². The standard InChI is InChI=1S/C10H11NO2/c1-6-3-4-8-7(5-6)9(13-2)10(12)11-8/h3-5,9H,1-2H3,(H,11,12). The summed E-state index contributed by atoms with van der Waals surface area (Å²) >= 11 is 0. The fourth-order valence-corrected chi connectivity index (χ4v) is 1.59. The number of carbonyl (C=O) groups excluding carboxylic acids is 1. The second kappa shape index (κ2) is 2.85. The Bertz CT molecular complexity index is 360. The summed E-state index contributed by atoms with van der Waals surface area (Å²) < 4.78 is 5.09. The number of carbonyl (C=O) groups is 1. The monoisotopic (exact) mass is 177 g/mol. The zero-order valence-corrected chi connectivity index (χ0v) is 7.63. The number of amides is 1. The molecule has 1 unspecified atom stereocenters. The van der Waals surface area contributed by atoms with E-state index in [9.17, 15) is 4.79 Å². The van der Waals surface area contributed by atoms with E-state index in [0.29, 0.717) is 0 Å². The van der Waals surface area contributed by atoms with E-state index in [1.165, 1.54) is 0 Å². The average molecular weight is 177 g/mol. The number of hydrogen-bond donors (Lipinski definition) is 1. The molecule has 1 heterocycles. The van der Waals surface area contributed by atoms with Gasteiger partial charge in [-0.1, -0.05) is 17.7 Å². The number of benzene rings is 1. The number of aryl methyl sites for hydroxylation is 1. The highest BCUT2D eigenvalue weighted by molar-refractivity contribution is 6.01. The molecule has 1 aromatic rings. The number of anilines is 1. The zero-order chi connectivity index (χ0) is 9.42. The summed E-state index contributed by atoms with van der Waals surface area (Å²) in [5.41, 5.74) is 2.94. The number of ether oxygens (including phenoxy) is 1. The van der Waals surface area contributed by atoms with Crippen molar-refractivity contribution < 1.29 is 9.53 Å². The summed E-state index contributed by atoms with van der Waals surface area (Å²) in [6.07, 6.45) is -0.435. The molecule has 13 heavy (non-hydrogen) atoms. The van der Waals surface area contributed by atoms with Gasteiger partial charge >= 0.3 is 0 Å². The summed E-state index contributed by atoms with van der Waals surface area (Å²) in [4.78, 5) is 11.3. The highest BCUT2D eigenvalue weighted by Gasteiger charge is 2.29. The molecule has 0 aromatic heterocycles. The van der Waals surface area contributed by atoms with Crippen LogP contribution in [-0.4, -0.2) is 13.0 Å². The van der Waals surface area contributed by atoms with Crippen LogP contribution in [0.25, 0.3) is 0 Å². The molecule has 1 N–H and O–H groups in total. The van der Waals surface area contributed by atoms with E-state index in [1.807, 2.05) is 25.1 Å². The molecule has 0 saturated heterocycles. The van der Waals surface area contributed by atoms with E-state index >= 15 is 0 Å². The lowest BCUT2D eigenvalue weighted by molar-refractivity contribution is -0.125. The van der Waals surface area contributed by atoms with Gasteiger partial charge in [0.2, 0.25) is 0 Å². The number of methoxy groups -OCH3 is 1. The molecule has 68 valence electrons. The van der Waals surface area contributed by atoms with Gasteiger partial charge < -0.3 is 10.1 Å². The van der Waals surface area contributed by atoms with Crippen LogP contribution in [0.2, 0.25) is 0 Å². The second-order valence-corrected chi connectivity index (χ2v) is 3.20. The lowest BCUT2D eigenvalue weighted by atomic mass is 10.1. The van der Waals surface area contributed by atoms with Crippen molar-refractivity contribution in [2.75, 3.05) is 12.4 Å². The van der Waals surface area contributed by atoms with Crippen LogP contribution in [0.5, 0.6) is 0 Å². The molecular formula is C10H11NO2. The van der Waals surface area contributed by atoms with E-state index < -0.39 is 6.10 Å². The maximum absolute atomic E-state index is 11.3. The van der Waals surface area contributed by atoms with Gasteiger partial charge in [0.05, 0.1) is 0 Å². The molecule has 3 nitrogen and oxygen atoms in total. The number of fused-ring (bicyclic) bond motifs is 1. The summed E-state index contributed by atoms with van der Waals surface area (Å²) in [5.74, 6) is -0.0805. The zero-order valence-electron chi connectivity index (χ0n) is 7.63. The van der Waals surface area contributed by atoms with Crippen LogP contribution >= 0.6 is 0 Å². The summed E-state index contributed by atoms with van der Waals surface area (Å²) in [6.45, 7) is 2.00. The van der Waals surface area contributed by atoms with Crippen molar-refractivity contribution in [3.8, 4) is 0 Å². The fraction of sp³-hybridized carbons (Fsp3) is 0.300. The Labute approximate surface area is 76.7 Å². The highest BCUT2D eigenvalue weighted by atomic mass is 16.5. The van der Waals surface area contributed by atoms with Crippen molar-refractivity contribution in [3.63, 3.8) is 0 Å². The summed E-state index contributed by atoms with van der Waals surface area (Å²) in [7, 11) is 1.54. The smallest absolute Gasteiger partial charge is 0.258 e. The molecule has 1 amide bonds. The first kappa shape index (κ1) is 8.26. The number of rotatable bonds is 1. The number of hydrogen-bond acceptors (Lipinski definition) is 2. The molecule has 1 aromatic carbocycles. The van der Waals surface area contributed by atoms with Crippen LogP contribution < -0.4 is 5.32 Å². The van der Waals surface area contributed by atoms with Gasteiger partial charge in [-0.05, 0) is 13.0 Å². The quantitative estimate of drug-likeness (QED) is 0.708. The molecule has 1 aliphatic rings. The Morgan fingerprint density at radius 1 is 1.46 bits per heavy atom. The third kappa shape index (κ3) is 1.21. The minimum Gasteiger partial charge on any atom is -0.367 e. The van der Waals surface area contributed by atoms with E-state index in [-0.39, 0.29) is 5.91 Å². The van der Waals surface area contributed by atoms with Gasteiger partial charge in [-0.15, -0.1) is 0 Å². The van der Waals surface area contributed by atoms with Crippen molar-refractivity contribution in [2.24, 2.45) is 0 Å². The van der Waals surface area contributed by atoms with Crippen molar-refractivity contribution in [1.29, 1.82) is 0 Å². The predicted molar refractivity (Wildman–Crippen MR) is 49.6 cm³/mol. The SMILES string of the molecule is COC1C(=O)Nc2ccc(C)cc21. The maximum Gasteiger partial charge on any atom is 0.258 e. The normalized spacial score (nSPS) is 19.8. The van der Waals surface area contributed by atoms with Gasteiger partial charge in [-0.2, -0.15) is 0 Å². The largest absolute Gasteiger partial charge is 0.367 e. The molecule has 1 atom stereocenters. The molecule has 2 rings (SSSR count). The Morgan fingerprint density at radius 3 is 2.92 bits per heavy atom. The second-order valence-electron chi connectivity index (χ2n) is 3.20. The van der Waals surface area contributed by atoms with Crippen LogP contribution in [0.1, 0.15) is 17.2 Å². The maximum atomic E-state index is 11.3. The predicted octanol–water partition coefficient (Wildman–Crippen LogP) is 1.63. The molecule has 3 heteroatoms. The van der Waals surface area contributed by atoms with Gasteiger partial charge in [0.25, 0.3) is 5.91 Å². The van der Waals surface area contributed by atoms with Crippen molar-refractivity contribution in [1.82, 2.24) is 0 Å². The topological polar surface area (TPSA) is 38.3 Å². The third-order valence-electron chi connectivity index (χ3n) is 2.22. The van der Waals surface area contributed by atoms with E-state index in [1.54, 1.807) is 7.11 Å². The molecule has 0 spiro atoms. The van der Waals surface area contributed by atoms with Gasteiger partial charge in [0, 0.05) is 18.4 Å². The summed E-state index contributed by atoms with van der Waals surface area (Å²) in [6, 6.07) is 5.85. The molecule has 0 aliphatic carbocycles. The Kier molecular flexibility index (Phi) is 1.81. The lowest BCUT2D eigenvalue weighted by Crippen LogP contribution is -2.13. The summed E-state index contributed by atoms with van der Waals surface area (Å²) in [5, 5.41) is 2.76. The van der Waals surface area contributed by atoms with Crippen molar-refractivity contribution in [3.05, 3.63) is 29.3 Å². The number of nitrogens with one attached hydrogen (secondary N) is 1. The van der Waals surface area contributed by atoms with Crippen LogP contribution in [0.4, 0.5) is 5.69 Å². The Balaban J connectivity index is 2.50. The van der Waals surface area contributed by atoms with Crippen LogP contribution in [-0.2, 0) is 9.53 Å². The van der Waals surface area contributed by atoms with Gasteiger partial charge in [-0.3, -0.25) is 4.79 Å². The van der Waals surface area contributed by atoms with E-state index in [4.69, 9.17) is 4.74 Å². The fourth-order valence-electron chi connectivity index (χ4n) is 1.59. The molecule has 0 bridgehead atoms. The minimum absolute atomic E-state index is 0.0805. The molecule has 1 aliphatic heterocycles. The van der Waals surface area contributed by atoms with E-state index in [0.717, 1.165) is 16.8 Å². The molecule has 0 radical (unpaired) electrons. The first-order valence-electron chi connectivity index (χ1n) is 4.16. The van der Waals surface area contributed by atoms with Crippen LogP contribution in [0.3, 0.4) is 0 Å². The van der Waals surface area contributed by atoms with Crippen LogP contribution in [0.15, 0.2) is 18.2 Å². The molecule has 0 saturated carbocycles. The van der Waals surface area contributed by atoms with Gasteiger partial charge in [0.15, 0.2) is 6.10 Å². The third-order valence-corrected chi connectivity index (χ3v) is 2.22. The molecule has 0 fully saturated rings. The van der Waals surface area contributed by atoms with Gasteiger partial charge in [0.1, 0.15) is 0 Å². The first-order chi connectivity index (χ1) is 6.22. The Hall–Kier alpha value is -1.35. The van der Waals surface area contributed by atoms with Crippen LogP contribution in [0, 0.1) is 6.92 Å². The average Bonchev–Trinajstić information content (AvgIpc) is 2.40. The van der Waals surface area contributed by atoms with Gasteiger partial charge in [-0.25, -0.2) is 0 Å². The van der Waals surface area contributed by atoms with E-state index in [2.05, 4.69) is 5.32 Å². The minimum atomic E-state index is -0.435. The molecular weight excluding hydrogens is 166 g/mol. The Morgan fingerprint density at radius 2 is 2.23 bits per heavy atom. The highest BCUT2D eigenvalue weighted by Crippen LogP contribution is 2.33.